The Bertz CT molecular complexity index is 312. The number of hydrogen-bond donors (Lipinski definition) is 2. The lowest BCUT2D eigenvalue weighted by atomic mass is 10.3. The Balaban J connectivity index is 3.05. The summed E-state index contributed by atoms with van der Waals surface area (Å²) >= 11 is 0. The second-order valence-corrected chi connectivity index (χ2v) is 2.16. The number of ether oxygens (including phenoxy) is 1. The highest BCUT2D eigenvalue weighted by Crippen LogP contribution is 2.11. The van der Waals surface area contributed by atoms with Crippen LogP contribution < -0.4 is 11.5 Å². The van der Waals surface area contributed by atoms with Crippen molar-refractivity contribution in [1.29, 1.82) is 0 Å². The van der Waals surface area contributed by atoms with Crippen molar-refractivity contribution in [3.8, 4) is 0 Å². The van der Waals surface area contributed by atoms with Gasteiger partial charge in [0.1, 0.15) is 5.82 Å². The third-order valence-corrected chi connectivity index (χ3v) is 1.35. The van der Waals surface area contributed by atoms with E-state index in [0.29, 0.717) is 5.69 Å². The summed E-state index contributed by atoms with van der Waals surface area (Å²) in [6.45, 7) is 0. The van der Waals surface area contributed by atoms with Crippen molar-refractivity contribution in [2.24, 2.45) is 0 Å². The number of nitrogens with two attached hydrogens (primary N) is 2. The quantitative estimate of drug-likeness (QED) is 0.576. The summed E-state index contributed by atoms with van der Waals surface area (Å²) in [4.78, 5) is 14.6. The number of nitrogen functional groups attached to an aromatic ring is 2. The summed E-state index contributed by atoms with van der Waals surface area (Å²) < 4.78 is 4.43. The second-order valence-electron chi connectivity index (χ2n) is 2.16. The minimum atomic E-state index is -0.526. The van der Waals surface area contributed by atoms with Crippen LogP contribution in [0.5, 0.6) is 0 Å². The van der Waals surface area contributed by atoms with Gasteiger partial charge >= 0.3 is 5.97 Å². The molecule has 0 atom stereocenters. The zero-order valence-electron chi connectivity index (χ0n) is 6.57. The van der Waals surface area contributed by atoms with Gasteiger partial charge in [-0.15, -0.1) is 0 Å². The topological polar surface area (TPSA) is 91.2 Å². The molecule has 5 nitrogen and oxygen atoms in total. The van der Waals surface area contributed by atoms with Crippen molar-refractivity contribution in [3.63, 3.8) is 0 Å². The number of carbonyl (C=O) groups excluding carboxylic acids is 1. The SMILES string of the molecule is COC(=O)c1ccc(N)c(N)n1. The van der Waals surface area contributed by atoms with Crippen LogP contribution in [0.3, 0.4) is 0 Å². The monoisotopic (exact) mass is 167 g/mol. The summed E-state index contributed by atoms with van der Waals surface area (Å²) in [6, 6.07) is 2.96. The molecular weight excluding hydrogens is 158 g/mol. The zero-order valence-corrected chi connectivity index (χ0v) is 6.57. The maximum Gasteiger partial charge on any atom is 0.356 e. The molecule has 1 rings (SSSR count). The van der Waals surface area contributed by atoms with Crippen molar-refractivity contribution in [2.75, 3.05) is 18.6 Å². The average Bonchev–Trinajstić information content (AvgIpc) is 2.08. The van der Waals surface area contributed by atoms with Crippen LogP contribution in [0.15, 0.2) is 12.1 Å². The van der Waals surface area contributed by atoms with Gasteiger partial charge in [0.2, 0.25) is 0 Å². The molecule has 1 aromatic rings. The highest BCUT2D eigenvalue weighted by molar-refractivity contribution is 5.88. The number of hydrogen-bond acceptors (Lipinski definition) is 5. The molecule has 0 radical (unpaired) electrons. The highest BCUT2D eigenvalue weighted by Gasteiger charge is 2.07. The first-order valence-electron chi connectivity index (χ1n) is 3.25. The molecule has 1 heterocycles. The van der Waals surface area contributed by atoms with Crippen LogP contribution in [-0.2, 0) is 4.74 Å². The number of nitrogens with zero attached hydrogens (tertiary/aromatic N) is 1. The lowest BCUT2D eigenvalue weighted by Gasteiger charge is -2.01. The highest BCUT2D eigenvalue weighted by atomic mass is 16.5. The van der Waals surface area contributed by atoms with E-state index in [9.17, 15) is 4.79 Å². The lowest BCUT2D eigenvalue weighted by Crippen LogP contribution is -2.07. The number of methoxy groups -OCH3 is 1. The molecule has 4 N–H and O–H groups in total. The Hall–Kier alpha value is -1.78. The molecule has 0 saturated carbocycles. The molecule has 5 heteroatoms. The first-order valence-corrected chi connectivity index (χ1v) is 3.25. The van der Waals surface area contributed by atoms with Gasteiger partial charge in [0.25, 0.3) is 0 Å². The first-order chi connectivity index (χ1) is 5.65. The Morgan fingerprint density at radius 1 is 1.50 bits per heavy atom. The molecule has 0 saturated heterocycles. The lowest BCUT2D eigenvalue weighted by molar-refractivity contribution is 0.0594. The van der Waals surface area contributed by atoms with E-state index in [4.69, 9.17) is 11.5 Å². The number of esters is 1. The third kappa shape index (κ3) is 1.45. The van der Waals surface area contributed by atoms with Crippen LogP contribution in [0, 0.1) is 0 Å². The molecule has 0 aliphatic heterocycles. The van der Waals surface area contributed by atoms with Gasteiger partial charge in [-0.05, 0) is 12.1 Å². The van der Waals surface area contributed by atoms with Crippen molar-refractivity contribution in [2.45, 2.75) is 0 Å². The number of rotatable bonds is 1. The zero-order chi connectivity index (χ0) is 9.14. The first kappa shape index (κ1) is 8.32. The number of aromatic nitrogens is 1. The van der Waals surface area contributed by atoms with Gasteiger partial charge in [0.15, 0.2) is 5.69 Å². The van der Waals surface area contributed by atoms with E-state index < -0.39 is 5.97 Å². The van der Waals surface area contributed by atoms with Gasteiger partial charge < -0.3 is 16.2 Å². The van der Waals surface area contributed by atoms with E-state index in [1.807, 2.05) is 0 Å². The van der Waals surface area contributed by atoms with Gasteiger partial charge in [0, 0.05) is 0 Å². The summed E-state index contributed by atoms with van der Waals surface area (Å²) in [7, 11) is 1.27. The fourth-order valence-corrected chi connectivity index (χ4v) is 0.704. The molecule has 0 aromatic carbocycles. The second kappa shape index (κ2) is 3.08. The van der Waals surface area contributed by atoms with Gasteiger partial charge in [-0.25, -0.2) is 9.78 Å². The van der Waals surface area contributed by atoms with E-state index in [2.05, 4.69) is 9.72 Å². The molecule has 0 spiro atoms. The van der Waals surface area contributed by atoms with Crippen molar-refractivity contribution < 1.29 is 9.53 Å². The van der Waals surface area contributed by atoms with Crippen molar-refractivity contribution in [3.05, 3.63) is 17.8 Å². The Labute approximate surface area is 69.3 Å². The molecule has 0 fully saturated rings. The normalized spacial score (nSPS) is 9.42. The van der Waals surface area contributed by atoms with Crippen LogP contribution >= 0.6 is 0 Å². The summed E-state index contributed by atoms with van der Waals surface area (Å²) in [5.74, 6) is -0.389. The Morgan fingerprint density at radius 2 is 2.17 bits per heavy atom. The summed E-state index contributed by atoms with van der Waals surface area (Å²) in [6.07, 6.45) is 0. The third-order valence-electron chi connectivity index (χ3n) is 1.35. The van der Waals surface area contributed by atoms with Crippen LogP contribution in [0.2, 0.25) is 0 Å². The van der Waals surface area contributed by atoms with E-state index in [0.717, 1.165) is 0 Å². The minimum Gasteiger partial charge on any atom is -0.464 e. The van der Waals surface area contributed by atoms with Crippen LogP contribution in [0.1, 0.15) is 10.5 Å². The maximum atomic E-state index is 10.9. The average molecular weight is 167 g/mol. The molecular formula is C7H9N3O2. The van der Waals surface area contributed by atoms with E-state index in [-0.39, 0.29) is 11.5 Å². The standard InChI is InChI=1S/C7H9N3O2/c1-12-7(11)5-3-2-4(8)6(9)10-5/h2-3H,8H2,1H3,(H2,9,10). The largest absolute Gasteiger partial charge is 0.464 e. The molecule has 1 aromatic heterocycles. The van der Waals surface area contributed by atoms with Gasteiger partial charge in [-0.2, -0.15) is 0 Å². The van der Waals surface area contributed by atoms with Crippen LogP contribution in [0.25, 0.3) is 0 Å². The van der Waals surface area contributed by atoms with Crippen molar-refractivity contribution in [1.82, 2.24) is 4.98 Å². The summed E-state index contributed by atoms with van der Waals surface area (Å²) in [5, 5.41) is 0. The molecule has 64 valence electrons. The predicted molar refractivity (Wildman–Crippen MR) is 44.4 cm³/mol. The number of pyridine rings is 1. The molecule has 0 unspecified atom stereocenters. The summed E-state index contributed by atoms with van der Waals surface area (Å²) in [5.41, 5.74) is 11.3. The predicted octanol–water partition coefficient (Wildman–Crippen LogP) is 0.0326. The molecule has 0 amide bonds. The van der Waals surface area contributed by atoms with Crippen LogP contribution in [-0.4, -0.2) is 18.1 Å². The molecule has 0 bridgehead atoms. The minimum absolute atomic E-state index is 0.137. The smallest absolute Gasteiger partial charge is 0.356 e. The Morgan fingerprint density at radius 3 is 2.67 bits per heavy atom. The Kier molecular flexibility index (Phi) is 2.14. The van der Waals surface area contributed by atoms with E-state index in [1.54, 1.807) is 0 Å². The van der Waals surface area contributed by atoms with Gasteiger partial charge in [-0.1, -0.05) is 0 Å². The molecule has 0 aliphatic rings. The maximum absolute atomic E-state index is 10.9. The fraction of sp³-hybridized carbons (Fsp3) is 0.143. The van der Waals surface area contributed by atoms with Crippen LogP contribution in [0.4, 0.5) is 11.5 Å². The van der Waals surface area contributed by atoms with Gasteiger partial charge in [0.05, 0.1) is 12.8 Å². The number of carbonyl (C=O) groups is 1. The molecule has 12 heavy (non-hydrogen) atoms. The van der Waals surface area contributed by atoms with Gasteiger partial charge in [-0.3, -0.25) is 0 Å². The van der Waals surface area contributed by atoms with E-state index in [1.165, 1.54) is 19.2 Å². The fourth-order valence-electron chi connectivity index (χ4n) is 0.704. The van der Waals surface area contributed by atoms with E-state index >= 15 is 0 Å². The number of anilines is 2. The molecule has 0 aliphatic carbocycles. The van der Waals surface area contributed by atoms with Crippen molar-refractivity contribution >= 4 is 17.5 Å².